The molecule has 18 nitrogen and oxygen atoms in total. The number of hydrogen-bond donors (Lipinski definition) is 10. The van der Waals surface area contributed by atoms with Crippen molar-refractivity contribution in [2.75, 3.05) is 26.4 Å². The fourth-order valence-electron chi connectivity index (χ4n) is 15.9. The zero-order valence-corrected chi connectivity index (χ0v) is 38.8. The van der Waals surface area contributed by atoms with Gasteiger partial charge in [0.2, 0.25) is 0 Å². The molecule has 372 valence electrons. The molecule has 65 heavy (non-hydrogen) atoms. The van der Waals surface area contributed by atoms with Gasteiger partial charge in [-0.3, -0.25) is 0 Å². The SMILES string of the molecule is CC(C)=C[C@@H]1C[C@@](C)(O)[C@H]2[C@@H]3CC[C@@H]4[C@@]5(C)CC[C@H](O[C@@H]6O[C@H](CO)[C@H](O)[C@@H](O[C@H]7O[C@@H](CO)[C@@H](O)[C@@H](O)[C@@H]7O)[C@@H]6O[C@@H]6O[C@H](CO)[C@@H](O)[C@H]6O)C(C)(C)[C@H]5CC[C@]4(C)[C@@]34CO[C@@]2(C4)O1. The van der Waals surface area contributed by atoms with Gasteiger partial charge in [-0.1, -0.05) is 39.3 Å². The molecule has 25 atom stereocenters. The lowest BCUT2D eigenvalue weighted by Crippen LogP contribution is -2.68. The highest BCUT2D eigenvalue weighted by Crippen LogP contribution is 2.80. The first kappa shape index (κ1) is 49.0. The molecular formula is C47H76O18. The Bertz CT molecular complexity index is 1760. The van der Waals surface area contributed by atoms with Gasteiger partial charge in [0.25, 0.3) is 0 Å². The summed E-state index contributed by atoms with van der Waals surface area (Å²) in [5.74, 6) is -0.184. The van der Waals surface area contributed by atoms with E-state index >= 15 is 0 Å². The van der Waals surface area contributed by atoms with Crippen LogP contribution in [0.3, 0.4) is 0 Å². The minimum Gasteiger partial charge on any atom is -0.394 e. The Balaban J connectivity index is 0.991. The fourth-order valence-corrected chi connectivity index (χ4v) is 15.9. The van der Waals surface area contributed by atoms with Gasteiger partial charge in [-0.25, -0.2) is 0 Å². The molecule has 9 rings (SSSR count). The molecule has 0 radical (unpaired) electrons. The van der Waals surface area contributed by atoms with E-state index in [-0.39, 0.29) is 40.1 Å². The van der Waals surface area contributed by atoms with Crippen molar-refractivity contribution in [3.8, 4) is 0 Å². The van der Waals surface area contributed by atoms with E-state index in [1.807, 2.05) is 6.92 Å². The molecule has 5 saturated heterocycles. The average molecular weight is 929 g/mol. The first-order valence-electron chi connectivity index (χ1n) is 24.1. The molecular weight excluding hydrogens is 852 g/mol. The molecule has 5 aliphatic heterocycles. The molecule has 9 fully saturated rings. The molecule has 0 aromatic rings. The minimum atomic E-state index is -1.86. The van der Waals surface area contributed by atoms with E-state index < -0.39 is 129 Å². The van der Waals surface area contributed by atoms with Crippen LogP contribution in [0.25, 0.3) is 0 Å². The average Bonchev–Trinajstić information content (AvgIpc) is 3.86. The predicted molar refractivity (Wildman–Crippen MR) is 225 cm³/mol. The standard InChI is InChI=1S/C47H76O18/c1-21(2)14-22-15-45(7,57)38-23-8-9-28-43(5)12-11-29(42(3,4)27(43)10-13-44(28,6)46(23)19-47(38,65-22)58-20-46)62-41-37(64-39-34(55)31(52)25(17-49)60-39)36(32(53)26(18-50)61-41)63-40-35(56)33(54)30(51)24(16-48)59-40/h14,22-41,48-57H,8-13,15-20H2,1-7H3/t22-,23+,24+,25-,26-,27-,28-,29+,30-,31-,32+,33-,34-,35+,36-,37+,38-,39+,40-,41+,43+,44+,45-,46+,47+/m1/s1. The first-order chi connectivity index (χ1) is 30.5. The lowest BCUT2D eigenvalue weighted by atomic mass is 9.35. The number of ether oxygens (including phenoxy) is 8. The minimum absolute atomic E-state index is 0.0960. The van der Waals surface area contributed by atoms with Crippen molar-refractivity contribution < 1.29 is 89.0 Å². The zero-order valence-electron chi connectivity index (χ0n) is 38.8. The summed E-state index contributed by atoms with van der Waals surface area (Å²) < 4.78 is 50.9. The van der Waals surface area contributed by atoms with Gasteiger partial charge in [0.1, 0.15) is 67.1 Å². The Kier molecular flexibility index (Phi) is 12.9. The van der Waals surface area contributed by atoms with Gasteiger partial charge in [-0.2, -0.15) is 0 Å². The molecule has 0 unspecified atom stereocenters. The van der Waals surface area contributed by atoms with Crippen LogP contribution in [0.4, 0.5) is 0 Å². The van der Waals surface area contributed by atoms with Gasteiger partial charge in [0.05, 0.1) is 44.2 Å². The van der Waals surface area contributed by atoms with Crippen molar-refractivity contribution in [1.82, 2.24) is 0 Å². The van der Waals surface area contributed by atoms with Crippen molar-refractivity contribution in [2.24, 2.45) is 45.3 Å². The van der Waals surface area contributed by atoms with Gasteiger partial charge < -0.3 is 89.0 Å². The number of hydrogen-bond acceptors (Lipinski definition) is 18. The summed E-state index contributed by atoms with van der Waals surface area (Å²) in [5.41, 5.74) is -0.668. The highest BCUT2D eigenvalue weighted by Gasteiger charge is 2.81. The Morgan fingerprint density at radius 1 is 0.646 bits per heavy atom. The van der Waals surface area contributed by atoms with E-state index in [1.165, 1.54) is 0 Å². The van der Waals surface area contributed by atoms with Crippen LogP contribution >= 0.6 is 0 Å². The first-order valence-corrected chi connectivity index (χ1v) is 24.1. The smallest absolute Gasteiger partial charge is 0.187 e. The number of aliphatic hydroxyl groups excluding tert-OH is 9. The second-order valence-electron chi connectivity index (χ2n) is 22.9. The Morgan fingerprint density at radius 2 is 1.23 bits per heavy atom. The normalized spacial score (nSPS) is 56.9. The maximum absolute atomic E-state index is 12.2. The van der Waals surface area contributed by atoms with Gasteiger partial charge in [-0.15, -0.1) is 0 Å². The van der Waals surface area contributed by atoms with E-state index in [9.17, 15) is 51.1 Å². The summed E-state index contributed by atoms with van der Waals surface area (Å²) in [6.07, 6.45) is -14.0. The van der Waals surface area contributed by atoms with Crippen LogP contribution in [-0.2, 0) is 37.9 Å². The van der Waals surface area contributed by atoms with Crippen molar-refractivity contribution in [1.29, 1.82) is 0 Å². The topological polar surface area (TPSA) is 276 Å². The quantitative estimate of drug-likeness (QED) is 0.102. The van der Waals surface area contributed by atoms with E-state index in [0.29, 0.717) is 25.4 Å². The van der Waals surface area contributed by atoms with Crippen LogP contribution in [0, 0.1) is 45.3 Å². The third-order valence-corrected chi connectivity index (χ3v) is 18.8. The molecule has 9 aliphatic rings. The number of fused-ring (bicyclic) bond motifs is 4. The third kappa shape index (κ3) is 7.40. The lowest BCUT2D eigenvalue weighted by Gasteiger charge is -2.70. The monoisotopic (exact) mass is 929 g/mol. The molecule has 0 aromatic carbocycles. The predicted octanol–water partition coefficient (Wildman–Crippen LogP) is -0.0333. The summed E-state index contributed by atoms with van der Waals surface area (Å²) in [6.45, 7) is 13.9. The molecule has 4 aliphatic carbocycles. The van der Waals surface area contributed by atoms with Crippen LogP contribution in [0.2, 0.25) is 0 Å². The largest absolute Gasteiger partial charge is 0.394 e. The van der Waals surface area contributed by atoms with Crippen molar-refractivity contribution in [2.45, 2.75) is 209 Å². The summed E-state index contributed by atoms with van der Waals surface area (Å²) >= 11 is 0. The molecule has 2 bridgehead atoms. The number of aliphatic hydroxyl groups is 10. The molecule has 0 aromatic heterocycles. The molecule has 10 N–H and O–H groups in total. The van der Waals surface area contributed by atoms with Crippen molar-refractivity contribution in [3.05, 3.63) is 11.6 Å². The summed E-state index contributed by atoms with van der Waals surface area (Å²) in [7, 11) is 0. The molecule has 0 amide bonds. The number of rotatable bonds is 10. The molecule has 18 heteroatoms. The Labute approximate surface area is 381 Å². The van der Waals surface area contributed by atoms with E-state index in [4.69, 9.17) is 37.9 Å². The van der Waals surface area contributed by atoms with E-state index in [2.05, 4.69) is 47.6 Å². The van der Waals surface area contributed by atoms with Crippen LogP contribution in [0.5, 0.6) is 0 Å². The van der Waals surface area contributed by atoms with Crippen LogP contribution < -0.4 is 0 Å². The number of allylic oxidation sites excluding steroid dienone is 1. The summed E-state index contributed by atoms with van der Waals surface area (Å²) in [6, 6.07) is 0. The van der Waals surface area contributed by atoms with Gasteiger partial charge in [0, 0.05) is 24.2 Å². The molecule has 4 saturated carbocycles. The van der Waals surface area contributed by atoms with Crippen molar-refractivity contribution >= 4 is 0 Å². The van der Waals surface area contributed by atoms with E-state index in [0.717, 1.165) is 44.1 Å². The van der Waals surface area contributed by atoms with Crippen LogP contribution in [0.1, 0.15) is 99.8 Å². The maximum Gasteiger partial charge on any atom is 0.187 e. The second kappa shape index (κ2) is 17.1. The van der Waals surface area contributed by atoms with Gasteiger partial charge in [0.15, 0.2) is 24.7 Å². The van der Waals surface area contributed by atoms with Crippen LogP contribution in [-0.4, -0.2) is 187 Å². The molecule has 2 spiro atoms. The maximum atomic E-state index is 12.2. The van der Waals surface area contributed by atoms with Crippen LogP contribution in [0.15, 0.2) is 11.6 Å². The Hall–Kier alpha value is -0.980. The second-order valence-corrected chi connectivity index (χ2v) is 22.9. The van der Waals surface area contributed by atoms with E-state index in [1.54, 1.807) is 0 Å². The summed E-state index contributed by atoms with van der Waals surface area (Å²) in [5, 5.41) is 108. The summed E-state index contributed by atoms with van der Waals surface area (Å²) in [4.78, 5) is 0. The Morgan fingerprint density at radius 3 is 1.86 bits per heavy atom. The fraction of sp³-hybridized carbons (Fsp3) is 0.957. The van der Waals surface area contributed by atoms with Gasteiger partial charge >= 0.3 is 0 Å². The third-order valence-electron chi connectivity index (χ3n) is 18.8. The highest BCUT2D eigenvalue weighted by atomic mass is 16.8. The highest BCUT2D eigenvalue weighted by molar-refractivity contribution is 5.26. The van der Waals surface area contributed by atoms with Crippen molar-refractivity contribution in [3.63, 3.8) is 0 Å². The molecule has 5 heterocycles. The lowest BCUT2D eigenvalue weighted by molar-refractivity contribution is -0.387. The van der Waals surface area contributed by atoms with Gasteiger partial charge in [-0.05, 0) is 93.3 Å². The zero-order chi connectivity index (χ0) is 47.0.